The van der Waals surface area contributed by atoms with E-state index in [4.69, 9.17) is 4.74 Å². The molecule has 2 rings (SSSR count). The Bertz CT molecular complexity index is 601. The lowest BCUT2D eigenvalue weighted by Crippen LogP contribution is -2.58. The maximum absolute atomic E-state index is 12.9. The summed E-state index contributed by atoms with van der Waals surface area (Å²) in [4.78, 5) is 14.6. The molecule has 1 aliphatic heterocycles. The van der Waals surface area contributed by atoms with Crippen molar-refractivity contribution in [3.63, 3.8) is 0 Å². The summed E-state index contributed by atoms with van der Waals surface area (Å²) in [6, 6.07) is 7.62. The van der Waals surface area contributed by atoms with Gasteiger partial charge in [-0.3, -0.25) is 4.79 Å². The summed E-state index contributed by atoms with van der Waals surface area (Å²) >= 11 is 0. The van der Waals surface area contributed by atoms with Gasteiger partial charge in [-0.25, -0.2) is 0 Å². The third-order valence-corrected chi connectivity index (χ3v) is 5.21. The van der Waals surface area contributed by atoms with E-state index in [0.717, 1.165) is 18.4 Å². The Labute approximate surface area is 150 Å². The smallest absolute Gasteiger partial charge is 0.266 e. The number of hydrogen-bond donors (Lipinski definition) is 2. The first-order valence-electron chi connectivity index (χ1n) is 9.08. The molecule has 0 saturated carbocycles. The number of likely N-dealkylation sites (tertiary alicyclic amines) is 1. The number of amides is 1. The largest absolute Gasteiger partial charge is 0.478 e. The van der Waals surface area contributed by atoms with E-state index in [1.54, 1.807) is 18.7 Å². The number of hydrogen-bond acceptors (Lipinski definition) is 4. The van der Waals surface area contributed by atoms with Gasteiger partial charge in [0, 0.05) is 18.5 Å². The molecule has 0 aromatic heterocycles. The van der Waals surface area contributed by atoms with Crippen molar-refractivity contribution in [3.05, 3.63) is 29.8 Å². The van der Waals surface area contributed by atoms with Crippen LogP contribution in [0.15, 0.2) is 24.3 Å². The van der Waals surface area contributed by atoms with E-state index in [9.17, 15) is 15.0 Å². The van der Waals surface area contributed by atoms with Gasteiger partial charge in [0.25, 0.3) is 5.91 Å². The fourth-order valence-corrected chi connectivity index (χ4v) is 3.65. The highest BCUT2D eigenvalue weighted by Gasteiger charge is 2.45. The van der Waals surface area contributed by atoms with Crippen LogP contribution < -0.4 is 4.74 Å². The molecular weight excluding hydrogens is 318 g/mol. The molecule has 0 spiro atoms. The minimum atomic E-state index is -1.02. The van der Waals surface area contributed by atoms with E-state index in [-0.39, 0.29) is 19.1 Å². The molecule has 0 radical (unpaired) electrons. The van der Waals surface area contributed by atoms with Crippen molar-refractivity contribution in [3.8, 4) is 5.75 Å². The maximum atomic E-state index is 12.9. The highest BCUT2D eigenvalue weighted by Crippen LogP contribution is 2.36. The number of β-amino-alcohol motifs (C(OH)–C–C–N with tert-alkyl or cyclic N) is 1. The van der Waals surface area contributed by atoms with Gasteiger partial charge in [-0.15, -0.1) is 0 Å². The fraction of sp³-hybridized carbons (Fsp3) is 0.650. The van der Waals surface area contributed by atoms with Crippen molar-refractivity contribution < 1.29 is 19.7 Å². The third kappa shape index (κ3) is 4.33. The SMILES string of the molecule is CCC[C@]1(CO)CCN(C(=O)C(C)(C)Oc2cccc(C)c2)C[C@H]1O. The number of aryl methyl sites for hydroxylation is 1. The number of benzene rings is 1. The van der Waals surface area contributed by atoms with Gasteiger partial charge in [0.05, 0.1) is 12.7 Å². The number of aliphatic hydroxyl groups excluding tert-OH is 2. The van der Waals surface area contributed by atoms with Crippen LogP contribution in [0.4, 0.5) is 0 Å². The molecular formula is C20H31NO4. The zero-order valence-electron chi connectivity index (χ0n) is 15.8. The second kappa shape index (κ2) is 7.75. The van der Waals surface area contributed by atoms with E-state index in [1.807, 2.05) is 38.1 Å². The molecule has 1 aromatic carbocycles. The topological polar surface area (TPSA) is 70.0 Å². The fourth-order valence-electron chi connectivity index (χ4n) is 3.65. The van der Waals surface area contributed by atoms with Gasteiger partial charge in [0.1, 0.15) is 5.75 Å². The number of piperidine rings is 1. The number of aliphatic hydroxyl groups is 2. The molecule has 2 atom stereocenters. The van der Waals surface area contributed by atoms with E-state index < -0.39 is 17.1 Å². The van der Waals surface area contributed by atoms with Gasteiger partial charge in [0.15, 0.2) is 5.60 Å². The van der Waals surface area contributed by atoms with Crippen LogP contribution in [-0.4, -0.2) is 52.4 Å². The summed E-state index contributed by atoms with van der Waals surface area (Å²) in [6.07, 6.45) is 1.54. The number of carbonyl (C=O) groups excluding carboxylic acids is 1. The number of ether oxygens (including phenoxy) is 1. The van der Waals surface area contributed by atoms with Crippen LogP contribution in [0.3, 0.4) is 0 Å². The Balaban J connectivity index is 2.07. The molecule has 1 aliphatic rings. The lowest BCUT2D eigenvalue weighted by molar-refractivity contribution is -0.155. The third-order valence-electron chi connectivity index (χ3n) is 5.21. The van der Waals surface area contributed by atoms with Gasteiger partial charge in [-0.05, 0) is 51.3 Å². The van der Waals surface area contributed by atoms with E-state index in [0.29, 0.717) is 18.7 Å². The van der Waals surface area contributed by atoms with Crippen molar-refractivity contribution in [1.82, 2.24) is 4.90 Å². The first-order valence-corrected chi connectivity index (χ1v) is 9.08. The minimum absolute atomic E-state index is 0.0484. The standard InChI is InChI=1S/C20H31NO4/c1-5-9-20(14-22)10-11-21(13-17(20)23)18(24)19(3,4)25-16-8-6-7-15(2)12-16/h6-8,12,17,22-23H,5,9-11,13-14H2,1-4H3/t17-,20-/m1/s1. The van der Waals surface area contributed by atoms with Crippen LogP contribution in [0.1, 0.15) is 45.6 Å². The van der Waals surface area contributed by atoms with Crippen molar-refractivity contribution >= 4 is 5.91 Å². The molecule has 1 fully saturated rings. The lowest BCUT2D eigenvalue weighted by atomic mass is 9.73. The lowest BCUT2D eigenvalue weighted by Gasteiger charge is -2.46. The van der Waals surface area contributed by atoms with Crippen LogP contribution in [0, 0.1) is 12.3 Å². The van der Waals surface area contributed by atoms with Crippen LogP contribution in [0.5, 0.6) is 5.75 Å². The number of rotatable bonds is 6. The van der Waals surface area contributed by atoms with Crippen LogP contribution in [0.25, 0.3) is 0 Å². The maximum Gasteiger partial charge on any atom is 0.266 e. The molecule has 140 valence electrons. The Morgan fingerprint density at radius 1 is 1.44 bits per heavy atom. The average molecular weight is 349 g/mol. The molecule has 0 unspecified atom stereocenters. The molecule has 25 heavy (non-hydrogen) atoms. The molecule has 1 aromatic rings. The Hall–Kier alpha value is -1.59. The highest BCUT2D eigenvalue weighted by molar-refractivity contribution is 5.85. The summed E-state index contributed by atoms with van der Waals surface area (Å²) < 4.78 is 5.94. The van der Waals surface area contributed by atoms with Crippen LogP contribution >= 0.6 is 0 Å². The number of carbonyl (C=O) groups is 1. The highest BCUT2D eigenvalue weighted by atomic mass is 16.5. The molecule has 5 heteroatoms. The summed E-state index contributed by atoms with van der Waals surface area (Å²) in [5.74, 6) is 0.516. The van der Waals surface area contributed by atoms with E-state index in [1.165, 1.54) is 0 Å². The minimum Gasteiger partial charge on any atom is -0.478 e. The normalized spacial score (nSPS) is 24.2. The zero-order valence-corrected chi connectivity index (χ0v) is 15.8. The van der Waals surface area contributed by atoms with E-state index in [2.05, 4.69) is 0 Å². The van der Waals surface area contributed by atoms with Gasteiger partial charge in [0.2, 0.25) is 0 Å². The molecule has 1 heterocycles. The van der Waals surface area contributed by atoms with E-state index >= 15 is 0 Å². The number of nitrogens with zero attached hydrogens (tertiary/aromatic N) is 1. The summed E-state index contributed by atoms with van der Waals surface area (Å²) in [6.45, 7) is 8.24. The zero-order chi connectivity index (χ0) is 18.7. The summed E-state index contributed by atoms with van der Waals surface area (Å²) in [5.41, 5.74) is -0.439. The van der Waals surface area contributed by atoms with Gasteiger partial charge in [-0.2, -0.15) is 0 Å². The predicted molar refractivity (Wildman–Crippen MR) is 97.5 cm³/mol. The second-order valence-corrected chi connectivity index (χ2v) is 7.72. The predicted octanol–water partition coefficient (Wildman–Crippen LogP) is 2.52. The quantitative estimate of drug-likeness (QED) is 0.828. The van der Waals surface area contributed by atoms with Gasteiger partial charge >= 0.3 is 0 Å². The van der Waals surface area contributed by atoms with Crippen molar-refractivity contribution in [2.45, 2.75) is 58.7 Å². The monoisotopic (exact) mass is 349 g/mol. The molecule has 1 saturated heterocycles. The second-order valence-electron chi connectivity index (χ2n) is 7.72. The van der Waals surface area contributed by atoms with Gasteiger partial charge < -0.3 is 19.8 Å². The first-order chi connectivity index (χ1) is 11.7. The van der Waals surface area contributed by atoms with Crippen molar-refractivity contribution in [2.24, 2.45) is 5.41 Å². The molecule has 0 bridgehead atoms. The summed E-state index contributed by atoms with van der Waals surface area (Å²) in [7, 11) is 0. The van der Waals surface area contributed by atoms with Crippen molar-refractivity contribution in [2.75, 3.05) is 19.7 Å². The average Bonchev–Trinajstić information content (AvgIpc) is 2.56. The molecule has 1 amide bonds. The van der Waals surface area contributed by atoms with Gasteiger partial charge in [-0.1, -0.05) is 25.5 Å². The Morgan fingerprint density at radius 3 is 2.72 bits per heavy atom. The Morgan fingerprint density at radius 2 is 2.16 bits per heavy atom. The first kappa shape index (κ1) is 19.7. The van der Waals surface area contributed by atoms with Crippen molar-refractivity contribution in [1.29, 1.82) is 0 Å². The van der Waals surface area contributed by atoms with Crippen LogP contribution in [-0.2, 0) is 4.79 Å². The Kier molecular flexibility index (Phi) is 6.12. The molecule has 2 N–H and O–H groups in total. The molecule has 5 nitrogen and oxygen atoms in total. The summed E-state index contributed by atoms with van der Waals surface area (Å²) in [5, 5.41) is 20.3. The molecule has 0 aliphatic carbocycles. The van der Waals surface area contributed by atoms with Crippen LogP contribution in [0.2, 0.25) is 0 Å².